The van der Waals surface area contributed by atoms with E-state index in [0.29, 0.717) is 0 Å². The zero-order chi connectivity index (χ0) is 39.0. The Hall–Kier alpha value is -7.25. The minimum absolute atomic E-state index is 0.925. The SMILES string of the molecule is Cn1c(/C=C/c2ccc(N(c3ccc(/C=C/c4n(C)c5ccccc5[n+]4C)cc3)c3ccc(/C=C/c4n(C)c5ccccc5[n+]4C)cc3)cc2)nc2ccccc21. The first-order valence-corrected chi connectivity index (χ1v) is 19.3. The summed E-state index contributed by atoms with van der Waals surface area (Å²) in [6, 6.07) is 51.5. The Morgan fingerprint density at radius 3 is 1.23 bits per heavy atom. The second-order valence-electron chi connectivity index (χ2n) is 14.6. The molecule has 0 N–H and O–H groups in total. The molecule has 0 atom stereocenters. The molecule has 0 amide bonds. The van der Waals surface area contributed by atoms with Gasteiger partial charge in [0.05, 0.1) is 39.2 Å². The molecule has 0 aliphatic carbocycles. The number of hydrogen-bond acceptors (Lipinski definition) is 2. The van der Waals surface area contributed by atoms with E-state index in [4.69, 9.17) is 4.98 Å². The molecule has 3 aromatic heterocycles. The lowest BCUT2D eigenvalue weighted by molar-refractivity contribution is -0.647. The summed E-state index contributed by atoms with van der Waals surface area (Å²) in [5, 5.41) is 0. The Kier molecular flexibility index (Phi) is 9.19. The summed E-state index contributed by atoms with van der Waals surface area (Å²) >= 11 is 0. The molecule has 0 spiro atoms. The van der Waals surface area contributed by atoms with E-state index < -0.39 is 0 Å². The molecule has 3 heterocycles. The van der Waals surface area contributed by atoms with Crippen LogP contribution in [0.3, 0.4) is 0 Å². The number of aryl methyl sites for hydroxylation is 5. The Bertz CT molecular complexity index is 2770. The minimum atomic E-state index is 0.925. The van der Waals surface area contributed by atoms with E-state index in [-0.39, 0.29) is 0 Å². The zero-order valence-electron chi connectivity index (χ0n) is 33.0. The molecule has 57 heavy (non-hydrogen) atoms. The lowest BCUT2D eigenvalue weighted by atomic mass is 10.1. The van der Waals surface area contributed by atoms with Crippen molar-refractivity contribution in [2.45, 2.75) is 0 Å². The van der Waals surface area contributed by atoms with E-state index in [1.807, 2.05) is 6.07 Å². The van der Waals surface area contributed by atoms with Gasteiger partial charge in [-0.3, -0.25) is 0 Å². The van der Waals surface area contributed by atoms with Gasteiger partial charge in [0.15, 0.2) is 22.1 Å². The molecule has 9 aromatic rings. The average molecular weight is 744 g/mol. The number of nitrogens with zero attached hydrogens (tertiary/aromatic N) is 7. The van der Waals surface area contributed by atoms with Crippen LogP contribution in [0.2, 0.25) is 0 Å². The standard InChI is InChI=1S/C50H45N7/c1-52-43-13-7-6-12-42(43)51-48(52)33-24-36-18-27-39(28-19-36)57(40-29-20-37(21-30-40)25-34-49-53(2)44-14-8-9-15-45(44)54(49)3)41-31-22-38(23-32-41)26-35-50-55(4)46-16-10-11-17-47(46)56(50)5/h6-35H,1-5H3/q+2/b33-24+. The summed E-state index contributed by atoms with van der Waals surface area (Å²) in [5.41, 5.74) is 13.6. The van der Waals surface area contributed by atoms with E-state index in [1.165, 1.54) is 22.1 Å². The highest BCUT2D eigenvalue weighted by Gasteiger charge is 2.19. The van der Waals surface area contributed by atoms with Crippen LogP contribution in [0.15, 0.2) is 146 Å². The van der Waals surface area contributed by atoms with Gasteiger partial charge >= 0.3 is 0 Å². The summed E-state index contributed by atoms with van der Waals surface area (Å²) in [7, 11) is 10.5. The maximum Gasteiger partial charge on any atom is 0.281 e. The number of fused-ring (bicyclic) bond motifs is 3. The highest BCUT2D eigenvalue weighted by Crippen LogP contribution is 2.35. The van der Waals surface area contributed by atoms with Crippen LogP contribution in [0.25, 0.3) is 69.6 Å². The molecule has 0 unspecified atom stereocenters. The zero-order valence-corrected chi connectivity index (χ0v) is 33.0. The molecule has 278 valence electrons. The van der Waals surface area contributed by atoms with Gasteiger partial charge in [0.25, 0.3) is 11.6 Å². The number of aromatic nitrogens is 6. The maximum atomic E-state index is 4.82. The molecule has 6 aromatic carbocycles. The van der Waals surface area contributed by atoms with Crippen LogP contribution in [0, 0.1) is 0 Å². The van der Waals surface area contributed by atoms with Crippen LogP contribution >= 0.6 is 0 Å². The summed E-state index contributed by atoms with van der Waals surface area (Å²) < 4.78 is 11.1. The van der Waals surface area contributed by atoms with Crippen molar-refractivity contribution < 1.29 is 9.13 Å². The molecular weight excluding hydrogens is 699 g/mol. The van der Waals surface area contributed by atoms with E-state index >= 15 is 0 Å². The first kappa shape index (κ1) is 35.5. The number of anilines is 3. The Morgan fingerprint density at radius 1 is 0.421 bits per heavy atom. The van der Waals surface area contributed by atoms with Gasteiger partial charge in [-0.25, -0.2) is 23.3 Å². The Balaban J connectivity index is 1.02. The van der Waals surface area contributed by atoms with Crippen molar-refractivity contribution in [3.8, 4) is 0 Å². The molecule has 0 radical (unpaired) electrons. The van der Waals surface area contributed by atoms with E-state index in [2.05, 4.69) is 239 Å². The number of imidazole rings is 3. The molecule has 9 rings (SSSR count). The topological polar surface area (TPSA) is 38.7 Å². The fraction of sp³-hybridized carbons (Fsp3) is 0.100. The highest BCUT2D eigenvalue weighted by atomic mass is 15.2. The van der Waals surface area contributed by atoms with Crippen LogP contribution in [-0.2, 0) is 35.2 Å². The monoisotopic (exact) mass is 743 g/mol. The van der Waals surface area contributed by atoms with Crippen LogP contribution in [0.5, 0.6) is 0 Å². The van der Waals surface area contributed by atoms with Crippen molar-refractivity contribution in [1.82, 2.24) is 18.7 Å². The molecule has 0 bridgehead atoms. The van der Waals surface area contributed by atoms with Gasteiger partial charge in [-0.15, -0.1) is 0 Å². The van der Waals surface area contributed by atoms with Crippen molar-refractivity contribution in [3.63, 3.8) is 0 Å². The lowest BCUT2D eigenvalue weighted by Gasteiger charge is -2.26. The summed E-state index contributed by atoms with van der Waals surface area (Å²) in [5.74, 6) is 3.19. The smallest absolute Gasteiger partial charge is 0.281 e. The molecule has 0 saturated carbocycles. The van der Waals surface area contributed by atoms with Gasteiger partial charge in [-0.2, -0.15) is 0 Å². The summed E-state index contributed by atoms with van der Waals surface area (Å²) in [6.45, 7) is 0. The van der Waals surface area contributed by atoms with Crippen molar-refractivity contribution >= 4 is 86.6 Å². The highest BCUT2D eigenvalue weighted by molar-refractivity contribution is 5.83. The van der Waals surface area contributed by atoms with Crippen molar-refractivity contribution in [2.24, 2.45) is 35.2 Å². The Morgan fingerprint density at radius 2 is 0.807 bits per heavy atom. The van der Waals surface area contributed by atoms with E-state index in [9.17, 15) is 0 Å². The predicted molar refractivity (Wildman–Crippen MR) is 237 cm³/mol. The third-order valence-electron chi connectivity index (χ3n) is 11.1. The molecule has 0 saturated heterocycles. The second kappa shape index (κ2) is 14.8. The third kappa shape index (κ3) is 6.63. The number of rotatable bonds is 9. The minimum Gasteiger partial charge on any atom is -0.328 e. The summed E-state index contributed by atoms with van der Waals surface area (Å²) in [4.78, 5) is 7.13. The fourth-order valence-corrected chi connectivity index (χ4v) is 7.93. The van der Waals surface area contributed by atoms with Crippen LogP contribution in [-0.4, -0.2) is 18.7 Å². The number of hydrogen-bond donors (Lipinski definition) is 0. The van der Waals surface area contributed by atoms with Crippen molar-refractivity contribution in [2.75, 3.05) is 4.90 Å². The number of benzene rings is 6. The third-order valence-corrected chi connectivity index (χ3v) is 11.1. The molecule has 0 fully saturated rings. The quantitative estimate of drug-likeness (QED) is 0.138. The maximum absolute atomic E-state index is 4.82. The molecule has 7 heteroatoms. The van der Waals surface area contributed by atoms with Crippen LogP contribution < -0.4 is 14.0 Å². The predicted octanol–water partition coefficient (Wildman–Crippen LogP) is 10.2. The fourth-order valence-electron chi connectivity index (χ4n) is 7.93. The van der Waals surface area contributed by atoms with E-state index in [0.717, 1.165) is 62.3 Å². The largest absolute Gasteiger partial charge is 0.328 e. The Labute approximate surface area is 333 Å². The first-order chi connectivity index (χ1) is 27.8. The first-order valence-electron chi connectivity index (χ1n) is 19.3. The molecule has 0 aliphatic rings. The van der Waals surface area contributed by atoms with Gasteiger partial charge in [0.2, 0.25) is 0 Å². The second-order valence-corrected chi connectivity index (χ2v) is 14.6. The van der Waals surface area contributed by atoms with Crippen LogP contribution in [0.4, 0.5) is 17.1 Å². The average Bonchev–Trinajstić information content (AvgIpc) is 3.80. The van der Waals surface area contributed by atoms with Crippen molar-refractivity contribution in [3.05, 3.63) is 180 Å². The van der Waals surface area contributed by atoms with E-state index in [1.54, 1.807) is 0 Å². The van der Waals surface area contributed by atoms with Gasteiger partial charge in [0, 0.05) is 36.3 Å². The van der Waals surface area contributed by atoms with Crippen LogP contribution in [0.1, 0.15) is 34.2 Å². The molecule has 0 aliphatic heterocycles. The lowest BCUT2D eigenvalue weighted by Crippen LogP contribution is -2.30. The molecular formula is C50H45N7+2. The van der Waals surface area contributed by atoms with Gasteiger partial charge in [0.1, 0.15) is 5.82 Å². The van der Waals surface area contributed by atoms with Gasteiger partial charge in [-0.1, -0.05) is 78.9 Å². The van der Waals surface area contributed by atoms with Gasteiger partial charge in [-0.05, 0) is 108 Å². The number of para-hydroxylation sites is 6. The molecule has 7 nitrogen and oxygen atoms in total. The van der Waals surface area contributed by atoms with Gasteiger partial charge < -0.3 is 9.47 Å². The summed E-state index contributed by atoms with van der Waals surface area (Å²) in [6.07, 6.45) is 13.0. The van der Waals surface area contributed by atoms with Crippen molar-refractivity contribution in [1.29, 1.82) is 0 Å². The normalized spacial score (nSPS) is 12.1.